The fourth-order valence-corrected chi connectivity index (χ4v) is 2.15. The molecule has 7 heteroatoms. The topological polar surface area (TPSA) is 96.5 Å². The zero-order valence-electron chi connectivity index (χ0n) is 14.8. The van der Waals surface area contributed by atoms with Crippen LogP contribution >= 0.6 is 0 Å². The standard InChI is InChI=1S/C19H21N3O4/c1-12(2)26-17-6-4-5-15(11-17)19(25)22-21-18(24)14-7-9-16(10-8-14)20-13(3)23/h4-12H,1-3H3,(H,20,23)(H,21,24)(H,22,25). The van der Waals surface area contributed by atoms with Crippen LogP contribution < -0.4 is 20.9 Å². The Labute approximate surface area is 151 Å². The molecule has 0 heterocycles. The molecule has 0 saturated carbocycles. The third-order valence-corrected chi connectivity index (χ3v) is 3.23. The zero-order valence-corrected chi connectivity index (χ0v) is 14.8. The van der Waals surface area contributed by atoms with Crippen molar-refractivity contribution in [1.29, 1.82) is 0 Å². The second-order valence-electron chi connectivity index (χ2n) is 5.86. The van der Waals surface area contributed by atoms with Crippen molar-refractivity contribution in [2.45, 2.75) is 26.9 Å². The van der Waals surface area contributed by atoms with E-state index in [4.69, 9.17) is 4.74 Å². The van der Waals surface area contributed by atoms with Crippen molar-refractivity contribution in [3.63, 3.8) is 0 Å². The van der Waals surface area contributed by atoms with Crippen LogP contribution in [0.25, 0.3) is 0 Å². The lowest BCUT2D eigenvalue weighted by atomic mass is 10.2. The second-order valence-corrected chi connectivity index (χ2v) is 5.86. The fraction of sp³-hybridized carbons (Fsp3) is 0.211. The van der Waals surface area contributed by atoms with Crippen molar-refractivity contribution >= 4 is 23.4 Å². The highest BCUT2D eigenvalue weighted by Gasteiger charge is 2.10. The number of hydrazine groups is 1. The van der Waals surface area contributed by atoms with E-state index in [1.165, 1.54) is 6.92 Å². The van der Waals surface area contributed by atoms with E-state index < -0.39 is 11.8 Å². The average molecular weight is 355 g/mol. The highest BCUT2D eigenvalue weighted by Crippen LogP contribution is 2.15. The second kappa shape index (κ2) is 8.66. The first kappa shape index (κ1) is 19.0. The van der Waals surface area contributed by atoms with Gasteiger partial charge in [0.2, 0.25) is 5.91 Å². The van der Waals surface area contributed by atoms with Crippen molar-refractivity contribution in [3.8, 4) is 5.75 Å². The molecular formula is C19H21N3O4. The van der Waals surface area contributed by atoms with Gasteiger partial charge in [-0.25, -0.2) is 0 Å². The largest absolute Gasteiger partial charge is 0.491 e. The first-order chi connectivity index (χ1) is 12.3. The van der Waals surface area contributed by atoms with Gasteiger partial charge in [-0.1, -0.05) is 6.07 Å². The molecule has 2 aromatic carbocycles. The molecular weight excluding hydrogens is 334 g/mol. The van der Waals surface area contributed by atoms with Gasteiger partial charge in [-0.15, -0.1) is 0 Å². The lowest BCUT2D eigenvalue weighted by molar-refractivity contribution is -0.114. The number of ether oxygens (including phenoxy) is 1. The van der Waals surface area contributed by atoms with E-state index >= 15 is 0 Å². The van der Waals surface area contributed by atoms with Crippen molar-refractivity contribution in [2.75, 3.05) is 5.32 Å². The van der Waals surface area contributed by atoms with Crippen molar-refractivity contribution in [2.24, 2.45) is 0 Å². The Balaban J connectivity index is 1.94. The number of carbonyl (C=O) groups is 3. The third-order valence-electron chi connectivity index (χ3n) is 3.23. The van der Waals surface area contributed by atoms with Crippen molar-refractivity contribution in [3.05, 3.63) is 59.7 Å². The number of rotatable bonds is 5. The fourth-order valence-electron chi connectivity index (χ4n) is 2.15. The van der Waals surface area contributed by atoms with E-state index in [0.29, 0.717) is 22.6 Å². The molecule has 0 fully saturated rings. The molecule has 3 N–H and O–H groups in total. The van der Waals surface area contributed by atoms with Crippen molar-refractivity contribution in [1.82, 2.24) is 10.9 Å². The lowest BCUT2D eigenvalue weighted by Crippen LogP contribution is -2.41. The predicted octanol–water partition coefficient (Wildman–Crippen LogP) is 2.51. The Morgan fingerprint density at radius 2 is 1.50 bits per heavy atom. The molecule has 0 spiro atoms. The van der Waals surface area contributed by atoms with E-state index in [1.807, 2.05) is 13.8 Å². The number of amides is 3. The molecule has 3 amide bonds. The summed E-state index contributed by atoms with van der Waals surface area (Å²) in [7, 11) is 0. The maximum Gasteiger partial charge on any atom is 0.269 e. The molecule has 2 rings (SSSR count). The summed E-state index contributed by atoms with van der Waals surface area (Å²) >= 11 is 0. The number of hydrogen-bond acceptors (Lipinski definition) is 4. The van der Waals surface area contributed by atoms with E-state index in [2.05, 4.69) is 16.2 Å². The normalized spacial score (nSPS) is 10.2. The van der Waals surface area contributed by atoms with Gasteiger partial charge in [0.05, 0.1) is 6.10 Å². The number of benzene rings is 2. The maximum absolute atomic E-state index is 12.2. The van der Waals surface area contributed by atoms with Crippen LogP contribution in [0.1, 0.15) is 41.5 Å². The Morgan fingerprint density at radius 1 is 0.885 bits per heavy atom. The first-order valence-electron chi connectivity index (χ1n) is 8.10. The van der Waals surface area contributed by atoms with Crippen LogP contribution in [-0.4, -0.2) is 23.8 Å². The minimum atomic E-state index is -0.470. The maximum atomic E-state index is 12.2. The molecule has 0 saturated heterocycles. The number of anilines is 1. The molecule has 0 aliphatic carbocycles. The minimum Gasteiger partial charge on any atom is -0.491 e. The van der Waals surface area contributed by atoms with Gasteiger partial charge in [-0.2, -0.15) is 0 Å². The van der Waals surface area contributed by atoms with Gasteiger partial charge in [0.1, 0.15) is 5.75 Å². The van der Waals surface area contributed by atoms with Crippen LogP contribution in [0, 0.1) is 0 Å². The van der Waals surface area contributed by atoms with E-state index in [0.717, 1.165) is 0 Å². The van der Waals surface area contributed by atoms with Crippen molar-refractivity contribution < 1.29 is 19.1 Å². The van der Waals surface area contributed by atoms with Gasteiger partial charge in [0.15, 0.2) is 0 Å². The minimum absolute atomic E-state index is 0.00604. The van der Waals surface area contributed by atoms with Crippen LogP contribution in [0.15, 0.2) is 48.5 Å². The molecule has 0 aromatic heterocycles. The third kappa shape index (κ3) is 5.62. The molecule has 26 heavy (non-hydrogen) atoms. The molecule has 0 atom stereocenters. The van der Waals surface area contributed by atoms with Crippen LogP contribution in [0.3, 0.4) is 0 Å². The molecule has 2 aromatic rings. The Bertz CT molecular complexity index is 801. The highest BCUT2D eigenvalue weighted by molar-refractivity contribution is 5.99. The van der Waals surface area contributed by atoms with Gasteiger partial charge < -0.3 is 10.1 Å². The van der Waals surface area contributed by atoms with Crippen LogP contribution in [0.2, 0.25) is 0 Å². The summed E-state index contributed by atoms with van der Waals surface area (Å²) in [6.45, 7) is 5.19. The van der Waals surface area contributed by atoms with Gasteiger partial charge in [0.25, 0.3) is 11.8 Å². The summed E-state index contributed by atoms with van der Waals surface area (Å²) < 4.78 is 5.54. The number of carbonyl (C=O) groups excluding carboxylic acids is 3. The summed E-state index contributed by atoms with van der Waals surface area (Å²) in [4.78, 5) is 35.2. The zero-order chi connectivity index (χ0) is 19.1. The molecule has 0 aliphatic heterocycles. The van der Waals surface area contributed by atoms with Gasteiger partial charge in [-0.3, -0.25) is 25.2 Å². The monoisotopic (exact) mass is 355 g/mol. The van der Waals surface area contributed by atoms with E-state index in [1.54, 1.807) is 48.5 Å². The summed E-state index contributed by atoms with van der Waals surface area (Å²) in [6.07, 6.45) is -0.00604. The Morgan fingerprint density at radius 3 is 2.08 bits per heavy atom. The quantitative estimate of drug-likeness (QED) is 0.718. The lowest BCUT2D eigenvalue weighted by Gasteiger charge is -2.11. The first-order valence-corrected chi connectivity index (χ1v) is 8.10. The molecule has 7 nitrogen and oxygen atoms in total. The van der Waals surface area contributed by atoms with E-state index in [-0.39, 0.29) is 12.0 Å². The van der Waals surface area contributed by atoms with Crippen LogP contribution in [0.5, 0.6) is 5.75 Å². The summed E-state index contributed by atoms with van der Waals surface area (Å²) in [5.41, 5.74) is 6.00. The summed E-state index contributed by atoms with van der Waals surface area (Å²) in [5, 5.41) is 2.61. The molecule has 0 aliphatic rings. The van der Waals surface area contributed by atoms with Gasteiger partial charge in [0, 0.05) is 23.7 Å². The number of nitrogens with one attached hydrogen (secondary N) is 3. The van der Waals surface area contributed by atoms with Crippen LogP contribution in [-0.2, 0) is 4.79 Å². The highest BCUT2D eigenvalue weighted by atomic mass is 16.5. The van der Waals surface area contributed by atoms with Crippen LogP contribution in [0.4, 0.5) is 5.69 Å². The average Bonchev–Trinajstić information content (AvgIpc) is 2.59. The molecule has 0 unspecified atom stereocenters. The molecule has 0 radical (unpaired) electrons. The van der Waals surface area contributed by atoms with Gasteiger partial charge in [-0.05, 0) is 56.3 Å². The Kier molecular flexibility index (Phi) is 6.32. The SMILES string of the molecule is CC(=O)Nc1ccc(C(=O)NNC(=O)c2cccc(OC(C)C)c2)cc1. The summed E-state index contributed by atoms with van der Waals surface area (Å²) in [6, 6.07) is 13.0. The predicted molar refractivity (Wildman–Crippen MR) is 97.9 cm³/mol. The number of hydrogen-bond donors (Lipinski definition) is 3. The summed E-state index contributed by atoms with van der Waals surface area (Å²) in [5.74, 6) is -0.546. The van der Waals surface area contributed by atoms with Gasteiger partial charge >= 0.3 is 0 Å². The van der Waals surface area contributed by atoms with E-state index in [9.17, 15) is 14.4 Å². The Hall–Kier alpha value is -3.35. The molecule has 0 bridgehead atoms. The molecule has 136 valence electrons. The smallest absolute Gasteiger partial charge is 0.269 e.